The number of hydrogen-bond donors (Lipinski definition) is 4. The maximum atomic E-state index is 15.2. The summed E-state index contributed by atoms with van der Waals surface area (Å²) < 4.78 is 22.6. The Bertz CT molecular complexity index is 1470. The maximum absolute atomic E-state index is 15.2. The normalized spacial score (nSPS) is 19.7. The summed E-state index contributed by atoms with van der Waals surface area (Å²) in [5.41, 5.74) is -0.396. The molecule has 0 saturated carbocycles. The van der Waals surface area contributed by atoms with Gasteiger partial charge in [0.1, 0.15) is 41.6 Å². The summed E-state index contributed by atoms with van der Waals surface area (Å²) in [6.45, 7) is 2.01. The Kier molecular flexibility index (Phi) is 8.72. The lowest BCUT2D eigenvalue weighted by Gasteiger charge is -2.44. The van der Waals surface area contributed by atoms with Crippen molar-refractivity contribution in [1.82, 2.24) is 34.7 Å². The van der Waals surface area contributed by atoms with E-state index >= 15 is 4.39 Å². The summed E-state index contributed by atoms with van der Waals surface area (Å²) in [6, 6.07) is 4.92. The van der Waals surface area contributed by atoms with Crippen molar-refractivity contribution >= 4 is 17.5 Å². The quantitative estimate of drug-likeness (QED) is 0.272. The van der Waals surface area contributed by atoms with Crippen LogP contribution in [-0.4, -0.2) is 89.9 Å². The molecule has 0 amide bonds. The van der Waals surface area contributed by atoms with Crippen molar-refractivity contribution in [2.24, 2.45) is 13.0 Å². The molecule has 3 atom stereocenters. The first-order valence-electron chi connectivity index (χ1n) is 13.6. The number of fused-ring (bicyclic) bond motifs is 1. The predicted octanol–water partition coefficient (Wildman–Crippen LogP) is 0.919. The zero-order valence-corrected chi connectivity index (χ0v) is 22.7. The smallest absolute Gasteiger partial charge is 0.368 e. The average Bonchev–Trinajstić information content (AvgIpc) is 3.33. The Labute approximate surface area is 235 Å². The molecule has 0 aliphatic carbocycles. The van der Waals surface area contributed by atoms with Crippen molar-refractivity contribution in [2.75, 3.05) is 43.5 Å². The first-order valence-corrected chi connectivity index (χ1v) is 13.6. The lowest BCUT2D eigenvalue weighted by atomic mass is 9.83. The van der Waals surface area contributed by atoms with Gasteiger partial charge >= 0.3 is 5.69 Å². The number of benzene rings is 1. The molecule has 218 valence electrons. The Balaban J connectivity index is 1.39. The third-order valence-corrected chi connectivity index (χ3v) is 7.56. The van der Waals surface area contributed by atoms with Crippen LogP contribution in [0.5, 0.6) is 5.75 Å². The molecule has 2 saturated heterocycles. The van der Waals surface area contributed by atoms with E-state index in [1.54, 1.807) is 0 Å². The Morgan fingerprint density at radius 1 is 1.24 bits per heavy atom. The molecule has 0 spiro atoms. The number of tetrazole rings is 1. The van der Waals surface area contributed by atoms with Gasteiger partial charge in [-0.15, -0.1) is 0 Å². The first-order chi connectivity index (χ1) is 19.9. The largest absolute Gasteiger partial charge is 0.488 e. The number of nitrogens with zero attached hydrogens (tertiary/aromatic N) is 8. The van der Waals surface area contributed by atoms with Crippen molar-refractivity contribution in [2.45, 2.75) is 44.2 Å². The van der Waals surface area contributed by atoms with Crippen molar-refractivity contribution in [3.63, 3.8) is 0 Å². The third-order valence-electron chi connectivity index (χ3n) is 7.56. The average molecular weight is 569 g/mol. The van der Waals surface area contributed by atoms with Crippen molar-refractivity contribution in [1.29, 1.82) is 5.26 Å². The number of nitrogens with one attached hydrogen (secondary N) is 2. The summed E-state index contributed by atoms with van der Waals surface area (Å²) in [4.78, 5) is 23.7. The molecule has 5 rings (SSSR count). The van der Waals surface area contributed by atoms with E-state index in [2.05, 4.69) is 42.0 Å². The lowest BCUT2D eigenvalue weighted by Crippen LogP contribution is -2.49. The summed E-state index contributed by atoms with van der Waals surface area (Å²) >= 11 is 0. The zero-order chi connectivity index (χ0) is 28.9. The molecule has 1 aromatic carbocycles. The van der Waals surface area contributed by atoms with Crippen LogP contribution in [0.2, 0.25) is 0 Å². The van der Waals surface area contributed by atoms with Gasteiger partial charge in [0, 0.05) is 25.7 Å². The van der Waals surface area contributed by atoms with Gasteiger partial charge in [0.2, 0.25) is 5.95 Å². The molecule has 41 heavy (non-hydrogen) atoms. The van der Waals surface area contributed by atoms with Crippen molar-refractivity contribution < 1.29 is 19.3 Å². The van der Waals surface area contributed by atoms with Gasteiger partial charge in [-0.1, -0.05) is 6.42 Å². The van der Waals surface area contributed by atoms with Gasteiger partial charge in [-0.25, -0.2) is 14.2 Å². The molecule has 3 unspecified atom stereocenters. The van der Waals surface area contributed by atoms with Crippen LogP contribution in [-0.2, 0) is 7.05 Å². The monoisotopic (exact) mass is 568 g/mol. The van der Waals surface area contributed by atoms with Gasteiger partial charge in [0.15, 0.2) is 5.82 Å². The van der Waals surface area contributed by atoms with E-state index in [1.165, 1.54) is 38.6 Å². The molecule has 15 heteroatoms. The lowest BCUT2D eigenvalue weighted by molar-refractivity contribution is 0.0534. The molecule has 4 heterocycles. The number of ether oxygens (including phenoxy) is 1. The fourth-order valence-corrected chi connectivity index (χ4v) is 5.45. The van der Waals surface area contributed by atoms with Crippen LogP contribution in [0, 0.1) is 23.1 Å². The second-order valence-corrected chi connectivity index (χ2v) is 10.3. The van der Waals surface area contributed by atoms with E-state index in [1.807, 2.05) is 0 Å². The SMILES string of the molecule is Cn1nnn(-c2cc(Nc3ncc(C#N)c(NCC4CCCN5CCCCC45)n3)c(F)cc2OCC(O)CO)c1=O. The van der Waals surface area contributed by atoms with E-state index < -0.39 is 24.2 Å². The molecule has 2 aromatic heterocycles. The molecule has 14 nitrogen and oxygen atoms in total. The third kappa shape index (κ3) is 6.29. The number of aliphatic hydroxyl groups excluding tert-OH is 2. The number of hydrogen-bond acceptors (Lipinski definition) is 12. The number of aromatic nitrogens is 6. The molecular weight excluding hydrogens is 535 g/mol. The summed E-state index contributed by atoms with van der Waals surface area (Å²) in [6.07, 6.45) is 6.02. The Morgan fingerprint density at radius 3 is 2.83 bits per heavy atom. The summed E-state index contributed by atoms with van der Waals surface area (Å²) in [5.74, 6) is -0.0438. The van der Waals surface area contributed by atoms with Crippen LogP contribution in [0.4, 0.5) is 21.8 Å². The van der Waals surface area contributed by atoms with Gasteiger partial charge in [-0.3, -0.25) is 0 Å². The second kappa shape index (κ2) is 12.6. The number of aliphatic hydroxyl groups is 2. The van der Waals surface area contributed by atoms with E-state index in [0.29, 0.717) is 24.3 Å². The Morgan fingerprint density at radius 2 is 2.07 bits per heavy atom. The number of piperidine rings is 2. The fourth-order valence-electron chi connectivity index (χ4n) is 5.45. The molecule has 4 N–H and O–H groups in total. The van der Waals surface area contributed by atoms with E-state index in [4.69, 9.17) is 9.84 Å². The Hall–Kier alpha value is -4.13. The topological polar surface area (TPSA) is 179 Å². The van der Waals surface area contributed by atoms with Crippen molar-refractivity contribution in [3.8, 4) is 17.5 Å². The van der Waals surface area contributed by atoms with Gasteiger partial charge in [-0.05, 0) is 61.2 Å². The second-order valence-electron chi connectivity index (χ2n) is 10.3. The van der Waals surface area contributed by atoms with Crippen LogP contribution in [0.25, 0.3) is 5.69 Å². The van der Waals surface area contributed by atoms with Crippen molar-refractivity contribution in [3.05, 3.63) is 40.2 Å². The van der Waals surface area contributed by atoms with Crippen LogP contribution >= 0.6 is 0 Å². The van der Waals surface area contributed by atoms with E-state index in [-0.39, 0.29) is 35.2 Å². The van der Waals surface area contributed by atoms with Gasteiger partial charge in [-0.2, -0.15) is 19.6 Å². The highest BCUT2D eigenvalue weighted by Gasteiger charge is 2.33. The number of nitriles is 1. The van der Waals surface area contributed by atoms with Crippen LogP contribution in [0.1, 0.15) is 37.7 Å². The molecule has 0 radical (unpaired) electrons. The zero-order valence-electron chi connectivity index (χ0n) is 22.7. The number of halogens is 1. The standard InChI is InChI=1S/C26H33FN10O4/c1-35-26(40)37(34-33-35)22-10-20(19(27)9-23(22)41-15-18(39)14-38)31-25-30-13-17(11-28)24(32-25)29-12-16-5-4-8-36-7-3-2-6-21(16)36/h9-10,13,16,18,21,38-39H,2-8,12,14-15H2,1H3,(H2,29,30,31,32). The molecule has 2 aliphatic heterocycles. The fraction of sp³-hybridized carbons (Fsp3) is 0.538. The number of aryl methyl sites for hydroxylation is 1. The number of rotatable bonds is 10. The highest BCUT2D eigenvalue weighted by molar-refractivity contribution is 5.64. The van der Waals surface area contributed by atoms with Crippen LogP contribution in [0.15, 0.2) is 23.1 Å². The minimum atomic E-state index is -1.21. The first kappa shape index (κ1) is 28.4. The minimum Gasteiger partial charge on any atom is -0.488 e. The highest BCUT2D eigenvalue weighted by atomic mass is 19.1. The predicted molar refractivity (Wildman–Crippen MR) is 146 cm³/mol. The molecular formula is C26H33FN10O4. The summed E-state index contributed by atoms with van der Waals surface area (Å²) in [7, 11) is 1.41. The van der Waals surface area contributed by atoms with Gasteiger partial charge in [0.05, 0.1) is 18.5 Å². The maximum Gasteiger partial charge on any atom is 0.368 e. The molecule has 0 bridgehead atoms. The van der Waals surface area contributed by atoms with Gasteiger partial charge < -0.3 is 30.5 Å². The summed E-state index contributed by atoms with van der Waals surface area (Å²) in [5, 5.41) is 42.1. The van der Waals surface area contributed by atoms with E-state index in [9.17, 15) is 15.2 Å². The number of anilines is 3. The van der Waals surface area contributed by atoms with Gasteiger partial charge in [0.25, 0.3) is 0 Å². The molecule has 2 aliphatic rings. The molecule has 2 fully saturated rings. The van der Waals surface area contributed by atoms with Crippen LogP contribution < -0.4 is 21.1 Å². The van der Waals surface area contributed by atoms with Crippen LogP contribution in [0.3, 0.4) is 0 Å². The molecule has 3 aromatic rings. The van der Waals surface area contributed by atoms with E-state index in [0.717, 1.165) is 41.4 Å². The minimum absolute atomic E-state index is 0.0372. The highest BCUT2D eigenvalue weighted by Crippen LogP contribution is 2.32.